The van der Waals surface area contributed by atoms with Crippen LogP contribution in [0.25, 0.3) is 10.4 Å². The number of hydrogen-bond acceptors (Lipinski definition) is 8. The van der Waals surface area contributed by atoms with Crippen LogP contribution in [0.2, 0.25) is 0 Å². The summed E-state index contributed by atoms with van der Waals surface area (Å²) in [6.07, 6.45) is -6.61. The highest BCUT2D eigenvalue weighted by molar-refractivity contribution is 7.17. The summed E-state index contributed by atoms with van der Waals surface area (Å²) < 4.78 is 73.2. The maximum atomic E-state index is 14.2. The third-order valence-electron chi connectivity index (χ3n) is 6.75. The van der Waals surface area contributed by atoms with E-state index in [9.17, 15) is 36.6 Å². The lowest BCUT2D eigenvalue weighted by Gasteiger charge is -2.22. The molecular formula is C24H28F5N5O4S. The van der Waals surface area contributed by atoms with Gasteiger partial charge in [-0.15, -0.1) is 11.3 Å². The normalized spacial score (nSPS) is 22.4. The highest BCUT2D eigenvalue weighted by Gasteiger charge is 2.39. The first-order valence-electron chi connectivity index (χ1n) is 12.4. The summed E-state index contributed by atoms with van der Waals surface area (Å²) in [5.74, 6) is -1.69. The summed E-state index contributed by atoms with van der Waals surface area (Å²) >= 11 is 0.687. The van der Waals surface area contributed by atoms with E-state index in [1.54, 1.807) is 0 Å². The number of aliphatic hydroxyl groups is 1. The molecule has 2 aliphatic heterocycles. The molecule has 3 N–H and O–H groups in total. The van der Waals surface area contributed by atoms with E-state index in [0.29, 0.717) is 17.9 Å². The van der Waals surface area contributed by atoms with E-state index in [2.05, 4.69) is 20.6 Å². The third-order valence-corrected chi connectivity index (χ3v) is 7.83. The van der Waals surface area contributed by atoms with Crippen molar-refractivity contribution in [1.29, 1.82) is 0 Å². The Labute approximate surface area is 224 Å². The van der Waals surface area contributed by atoms with Gasteiger partial charge in [-0.05, 0) is 32.3 Å². The Morgan fingerprint density at radius 2 is 2.05 bits per heavy atom. The number of halogens is 5. The molecule has 39 heavy (non-hydrogen) atoms. The molecule has 0 aliphatic carbocycles. The zero-order chi connectivity index (χ0) is 28.5. The number of nitrogens with one attached hydrogen (secondary N) is 2. The second-order valence-electron chi connectivity index (χ2n) is 9.48. The maximum absolute atomic E-state index is 14.2. The number of thiazole rings is 1. The van der Waals surface area contributed by atoms with Gasteiger partial charge in [0.15, 0.2) is 5.01 Å². The minimum Gasteiger partial charge on any atom is -0.388 e. The Morgan fingerprint density at radius 1 is 1.31 bits per heavy atom. The number of carbonyl (C=O) groups excluding carboxylic acids is 2. The number of ether oxygens (including phenoxy) is 1. The second-order valence-corrected chi connectivity index (χ2v) is 10.5. The van der Waals surface area contributed by atoms with Gasteiger partial charge in [0, 0.05) is 29.9 Å². The standard InChI is InChI=1S/C24H28F5N5O4S/c1-3-16(24(27,28)29)32-17-7-12(20(25)26)13(8-30-17)19-18(23(37)34-6-4-5-11(34)2)33-22(39-19)21(36)31-14-9-38-10-15(14)35/h7-8,11,14-16,20,35H,3-6,9-10H2,1-2H3,(H,30,32)(H,31,36)/t11-,14+,15+,16+/m0/s1. The van der Waals surface area contributed by atoms with Crippen LogP contribution in [0.3, 0.4) is 0 Å². The molecule has 214 valence electrons. The quantitative estimate of drug-likeness (QED) is 0.406. The van der Waals surface area contributed by atoms with Crippen molar-refractivity contribution in [3.05, 3.63) is 28.5 Å². The number of likely N-dealkylation sites (tertiary alicyclic amines) is 1. The molecule has 0 saturated carbocycles. The summed E-state index contributed by atoms with van der Waals surface area (Å²) in [6.45, 7) is 3.64. The molecule has 4 atom stereocenters. The van der Waals surface area contributed by atoms with E-state index in [-0.39, 0.29) is 46.8 Å². The van der Waals surface area contributed by atoms with Crippen molar-refractivity contribution in [3.8, 4) is 10.4 Å². The fourth-order valence-corrected chi connectivity index (χ4v) is 5.53. The molecule has 0 aromatic carbocycles. The van der Waals surface area contributed by atoms with Crippen LogP contribution < -0.4 is 10.6 Å². The smallest absolute Gasteiger partial charge is 0.388 e. The van der Waals surface area contributed by atoms with E-state index < -0.39 is 54.0 Å². The number of pyridine rings is 1. The molecule has 4 heterocycles. The monoisotopic (exact) mass is 577 g/mol. The van der Waals surface area contributed by atoms with Crippen molar-refractivity contribution >= 4 is 29.0 Å². The SMILES string of the molecule is CC[C@@H](Nc1cc(C(F)F)c(-c2sc(C(=O)N[C@@H]3COC[C@H]3O)nc2C(=O)N2CCC[C@@H]2C)cn1)C(F)(F)F. The maximum Gasteiger partial charge on any atom is 0.408 e. The zero-order valence-corrected chi connectivity index (χ0v) is 21.9. The van der Waals surface area contributed by atoms with Gasteiger partial charge in [0.05, 0.1) is 30.2 Å². The number of rotatable bonds is 8. The average Bonchev–Trinajstić information content (AvgIpc) is 3.61. The number of anilines is 1. The van der Waals surface area contributed by atoms with Gasteiger partial charge >= 0.3 is 6.18 Å². The minimum absolute atomic E-state index is 0.0294. The van der Waals surface area contributed by atoms with E-state index in [1.807, 2.05) is 6.92 Å². The van der Waals surface area contributed by atoms with Crippen LogP contribution in [0.1, 0.15) is 65.4 Å². The van der Waals surface area contributed by atoms with Crippen LogP contribution in [0.4, 0.5) is 27.8 Å². The predicted molar refractivity (Wildman–Crippen MR) is 132 cm³/mol. The number of alkyl halides is 5. The molecule has 2 fully saturated rings. The lowest BCUT2D eigenvalue weighted by molar-refractivity contribution is -0.142. The molecule has 0 spiro atoms. The van der Waals surface area contributed by atoms with Gasteiger partial charge < -0.3 is 25.4 Å². The molecule has 4 rings (SSSR count). The first-order valence-corrected chi connectivity index (χ1v) is 13.2. The number of hydrogen-bond donors (Lipinski definition) is 3. The van der Waals surface area contributed by atoms with Gasteiger partial charge in [-0.2, -0.15) is 13.2 Å². The van der Waals surface area contributed by atoms with E-state index in [0.717, 1.165) is 25.1 Å². The molecule has 0 unspecified atom stereocenters. The van der Waals surface area contributed by atoms with Crippen molar-refractivity contribution in [2.75, 3.05) is 25.1 Å². The Kier molecular flexibility index (Phi) is 8.71. The van der Waals surface area contributed by atoms with Crippen molar-refractivity contribution in [3.63, 3.8) is 0 Å². The number of aromatic nitrogens is 2. The van der Waals surface area contributed by atoms with E-state index in [1.165, 1.54) is 11.8 Å². The van der Waals surface area contributed by atoms with Crippen molar-refractivity contribution < 1.29 is 41.4 Å². The van der Waals surface area contributed by atoms with E-state index in [4.69, 9.17) is 4.74 Å². The second kappa shape index (κ2) is 11.7. The molecule has 2 aromatic rings. The van der Waals surface area contributed by atoms with Crippen molar-refractivity contribution in [1.82, 2.24) is 20.2 Å². The Morgan fingerprint density at radius 3 is 2.62 bits per heavy atom. The molecule has 2 amide bonds. The van der Waals surface area contributed by atoms with E-state index >= 15 is 0 Å². The number of carbonyl (C=O) groups is 2. The average molecular weight is 578 g/mol. The number of aliphatic hydroxyl groups excluding tert-OH is 1. The molecule has 0 bridgehead atoms. The Bertz CT molecular complexity index is 1210. The summed E-state index contributed by atoms with van der Waals surface area (Å²) in [6, 6.07) is -2.04. The molecular weight excluding hydrogens is 549 g/mol. The molecule has 9 nitrogen and oxygen atoms in total. The van der Waals surface area contributed by atoms with Crippen LogP contribution in [0, 0.1) is 0 Å². The number of amides is 2. The zero-order valence-electron chi connectivity index (χ0n) is 21.1. The third kappa shape index (κ3) is 6.30. The van der Waals surface area contributed by atoms with Crippen LogP contribution in [0.15, 0.2) is 12.3 Å². The van der Waals surface area contributed by atoms with Gasteiger partial charge in [0.25, 0.3) is 18.2 Å². The molecule has 2 aromatic heterocycles. The van der Waals surface area contributed by atoms with Crippen molar-refractivity contribution in [2.45, 2.75) is 69.9 Å². The first kappa shape index (κ1) is 29.1. The van der Waals surface area contributed by atoms with Gasteiger partial charge in [-0.3, -0.25) is 9.59 Å². The van der Waals surface area contributed by atoms with Crippen molar-refractivity contribution in [2.24, 2.45) is 0 Å². The highest BCUT2D eigenvalue weighted by Crippen LogP contribution is 2.39. The van der Waals surface area contributed by atoms with Crippen LogP contribution in [0.5, 0.6) is 0 Å². The summed E-state index contributed by atoms with van der Waals surface area (Å²) in [5.41, 5.74) is -1.11. The summed E-state index contributed by atoms with van der Waals surface area (Å²) in [5, 5.41) is 14.5. The van der Waals surface area contributed by atoms with Gasteiger partial charge in [-0.1, -0.05) is 6.92 Å². The first-order chi connectivity index (χ1) is 18.4. The van der Waals surface area contributed by atoms with Gasteiger partial charge in [0.2, 0.25) is 0 Å². The van der Waals surface area contributed by atoms with Gasteiger partial charge in [-0.25, -0.2) is 18.7 Å². The Balaban J connectivity index is 1.74. The van der Waals surface area contributed by atoms with Crippen LogP contribution >= 0.6 is 11.3 Å². The molecule has 2 aliphatic rings. The molecule has 2 saturated heterocycles. The number of nitrogens with zero attached hydrogens (tertiary/aromatic N) is 3. The highest BCUT2D eigenvalue weighted by atomic mass is 32.1. The van der Waals surface area contributed by atoms with Crippen LogP contribution in [-0.2, 0) is 4.74 Å². The predicted octanol–water partition coefficient (Wildman–Crippen LogP) is 4.01. The molecule has 0 radical (unpaired) electrons. The van der Waals surface area contributed by atoms with Gasteiger partial charge in [0.1, 0.15) is 17.6 Å². The fourth-order valence-electron chi connectivity index (χ4n) is 4.54. The fraction of sp³-hybridized carbons (Fsp3) is 0.583. The Hall–Kier alpha value is -2.91. The topological polar surface area (TPSA) is 117 Å². The molecule has 15 heteroatoms. The van der Waals surface area contributed by atoms with Crippen LogP contribution in [-0.4, -0.2) is 82.0 Å². The summed E-state index contributed by atoms with van der Waals surface area (Å²) in [4.78, 5) is 36.0. The largest absolute Gasteiger partial charge is 0.408 e. The minimum atomic E-state index is -4.62. The lowest BCUT2D eigenvalue weighted by Crippen LogP contribution is -2.42. The summed E-state index contributed by atoms with van der Waals surface area (Å²) in [7, 11) is 0. The lowest BCUT2D eigenvalue weighted by atomic mass is 10.1.